The maximum absolute atomic E-state index is 12.2. The summed E-state index contributed by atoms with van der Waals surface area (Å²) in [6.45, 7) is 4.59. The highest BCUT2D eigenvalue weighted by Crippen LogP contribution is 2.23. The van der Waals surface area contributed by atoms with Gasteiger partial charge in [0.1, 0.15) is 0 Å². The van der Waals surface area contributed by atoms with Crippen LogP contribution in [-0.2, 0) is 14.8 Å². The number of nitrogens with zero attached hydrogens (tertiary/aromatic N) is 1. The molecule has 1 aliphatic heterocycles. The van der Waals surface area contributed by atoms with Crippen molar-refractivity contribution in [3.63, 3.8) is 0 Å². The summed E-state index contributed by atoms with van der Waals surface area (Å²) in [6.07, 6.45) is 3.16. The highest BCUT2D eigenvalue weighted by molar-refractivity contribution is 7.89. The maximum Gasteiger partial charge on any atom is 0.240 e. The summed E-state index contributed by atoms with van der Waals surface area (Å²) in [4.78, 5) is 13.6. The lowest BCUT2D eigenvalue weighted by Gasteiger charge is -2.17. The van der Waals surface area contributed by atoms with E-state index in [2.05, 4.69) is 4.72 Å². The minimum atomic E-state index is -3.49. The number of anilines is 1. The molecule has 1 aromatic carbocycles. The molecule has 1 amide bonds. The molecule has 0 radical (unpaired) electrons. The molecule has 0 bridgehead atoms. The molecule has 1 aliphatic rings. The van der Waals surface area contributed by atoms with Gasteiger partial charge in [-0.1, -0.05) is 13.3 Å². The molecule has 1 N–H and O–H groups in total. The normalized spacial score (nSPS) is 17.2. The quantitative estimate of drug-likeness (QED) is 0.876. The molecule has 1 atom stereocenters. The molecule has 116 valence electrons. The fraction of sp³-hybridized carbons (Fsp3) is 0.533. The highest BCUT2D eigenvalue weighted by Gasteiger charge is 2.22. The zero-order valence-electron chi connectivity index (χ0n) is 12.5. The Kier molecular flexibility index (Phi) is 5.00. The highest BCUT2D eigenvalue weighted by atomic mass is 32.2. The Balaban J connectivity index is 2.12. The standard InChI is InChI=1S/C15H22N2O3S/c1-3-5-12(2)16-21(19,20)14-9-7-13(8-10-14)17-11-4-6-15(17)18/h7-10,12,16H,3-6,11H2,1-2H3. The fourth-order valence-electron chi connectivity index (χ4n) is 2.55. The summed E-state index contributed by atoms with van der Waals surface area (Å²) >= 11 is 0. The van der Waals surface area contributed by atoms with Crippen LogP contribution in [0, 0.1) is 0 Å². The van der Waals surface area contributed by atoms with Gasteiger partial charge in [0, 0.05) is 24.7 Å². The van der Waals surface area contributed by atoms with Crippen molar-refractivity contribution >= 4 is 21.6 Å². The molecular formula is C15H22N2O3S. The Morgan fingerprint density at radius 1 is 1.29 bits per heavy atom. The topological polar surface area (TPSA) is 66.5 Å². The lowest BCUT2D eigenvalue weighted by molar-refractivity contribution is -0.117. The second kappa shape index (κ2) is 6.58. The van der Waals surface area contributed by atoms with E-state index in [1.165, 1.54) is 0 Å². The van der Waals surface area contributed by atoms with Crippen LogP contribution in [0.3, 0.4) is 0 Å². The molecule has 1 saturated heterocycles. The zero-order chi connectivity index (χ0) is 15.5. The molecule has 6 heteroatoms. The summed E-state index contributed by atoms with van der Waals surface area (Å²) in [5.41, 5.74) is 0.762. The molecule has 1 unspecified atom stereocenters. The number of benzene rings is 1. The van der Waals surface area contributed by atoms with Crippen LogP contribution in [0.5, 0.6) is 0 Å². The Morgan fingerprint density at radius 3 is 2.48 bits per heavy atom. The molecule has 1 fully saturated rings. The van der Waals surface area contributed by atoms with Crippen LogP contribution in [0.15, 0.2) is 29.2 Å². The predicted octanol–water partition coefficient (Wildman–Crippen LogP) is 2.28. The molecule has 21 heavy (non-hydrogen) atoms. The van der Waals surface area contributed by atoms with Gasteiger partial charge in [-0.2, -0.15) is 0 Å². The summed E-state index contributed by atoms with van der Waals surface area (Å²) in [6, 6.07) is 6.42. The summed E-state index contributed by atoms with van der Waals surface area (Å²) in [5, 5.41) is 0. The van der Waals surface area contributed by atoms with Gasteiger partial charge in [-0.25, -0.2) is 13.1 Å². The van der Waals surface area contributed by atoms with Gasteiger partial charge < -0.3 is 4.90 Å². The van der Waals surface area contributed by atoms with Crippen LogP contribution in [0.25, 0.3) is 0 Å². The third-order valence-electron chi connectivity index (χ3n) is 3.61. The number of carbonyl (C=O) groups is 1. The number of nitrogens with one attached hydrogen (secondary N) is 1. The first-order chi connectivity index (χ1) is 9.94. The van der Waals surface area contributed by atoms with Crippen molar-refractivity contribution in [3.05, 3.63) is 24.3 Å². The Morgan fingerprint density at radius 2 is 1.95 bits per heavy atom. The van der Waals surface area contributed by atoms with Gasteiger partial charge in [-0.15, -0.1) is 0 Å². The van der Waals surface area contributed by atoms with Crippen LogP contribution in [-0.4, -0.2) is 26.9 Å². The summed E-state index contributed by atoms with van der Waals surface area (Å²) in [7, 11) is -3.49. The minimum Gasteiger partial charge on any atom is -0.312 e. The van der Waals surface area contributed by atoms with E-state index in [4.69, 9.17) is 0 Å². The first-order valence-electron chi connectivity index (χ1n) is 7.37. The van der Waals surface area contributed by atoms with Crippen molar-refractivity contribution in [2.75, 3.05) is 11.4 Å². The van der Waals surface area contributed by atoms with E-state index in [0.717, 1.165) is 24.9 Å². The van der Waals surface area contributed by atoms with Gasteiger partial charge in [-0.05, 0) is 44.0 Å². The SMILES string of the molecule is CCCC(C)NS(=O)(=O)c1ccc(N2CCCC2=O)cc1. The Bertz CT molecular complexity index is 596. The lowest BCUT2D eigenvalue weighted by atomic mass is 10.2. The third kappa shape index (κ3) is 3.83. The Hall–Kier alpha value is -1.40. The fourth-order valence-corrected chi connectivity index (χ4v) is 3.83. The van der Waals surface area contributed by atoms with Crippen LogP contribution in [0.2, 0.25) is 0 Å². The molecule has 0 aromatic heterocycles. The van der Waals surface area contributed by atoms with Crippen LogP contribution in [0.1, 0.15) is 39.5 Å². The van der Waals surface area contributed by atoms with E-state index in [1.54, 1.807) is 29.2 Å². The number of carbonyl (C=O) groups excluding carboxylic acids is 1. The number of sulfonamides is 1. The largest absolute Gasteiger partial charge is 0.312 e. The van der Waals surface area contributed by atoms with Crippen LogP contribution >= 0.6 is 0 Å². The number of hydrogen-bond acceptors (Lipinski definition) is 3. The zero-order valence-corrected chi connectivity index (χ0v) is 13.3. The van der Waals surface area contributed by atoms with E-state index in [-0.39, 0.29) is 16.8 Å². The minimum absolute atomic E-state index is 0.0835. The molecule has 0 spiro atoms. The van der Waals surface area contributed by atoms with Crippen molar-refractivity contribution in [1.82, 2.24) is 4.72 Å². The van der Waals surface area contributed by atoms with E-state index in [9.17, 15) is 13.2 Å². The van der Waals surface area contributed by atoms with Gasteiger partial charge in [0.05, 0.1) is 4.90 Å². The van der Waals surface area contributed by atoms with E-state index in [0.29, 0.717) is 13.0 Å². The third-order valence-corrected chi connectivity index (χ3v) is 5.22. The van der Waals surface area contributed by atoms with Gasteiger partial charge in [0.25, 0.3) is 0 Å². The van der Waals surface area contributed by atoms with Crippen LogP contribution in [0.4, 0.5) is 5.69 Å². The lowest BCUT2D eigenvalue weighted by Crippen LogP contribution is -2.32. The molecule has 1 heterocycles. The smallest absolute Gasteiger partial charge is 0.240 e. The average molecular weight is 310 g/mol. The monoisotopic (exact) mass is 310 g/mol. The van der Waals surface area contributed by atoms with Crippen molar-refractivity contribution in [2.45, 2.75) is 50.5 Å². The van der Waals surface area contributed by atoms with Crippen molar-refractivity contribution in [2.24, 2.45) is 0 Å². The Labute approximate surface area is 126 Å². The second-order valence-electron chi connectivity index (χ2n) is 5.45. The van der Waals surface area contributed by atoms with Gasteiger partial charge in [-0.3, -0.25) is 4.79 Å². The molecule has 1 aromatic rings. The van der Waals surface area contributed by atoms with E-state index >= 15 is 0 Å². The van der Waals surface area contributed by atoms with Crippen molar-refractivity contribution in [3.8, 4) is 0 Å². The second-order valence-corrected chi connectivity index (χ2v) is 7.17. The van der Waals surface area contributed by atoms with Crippen molar-refractivity contribution in [1.29, 1.82) is 0 Å². The average Bonchev–Trinajstić information content (AvgIpc) is 2.85. The number of rotatable bonds is 6. The van der Waals surface area contributed by atoms with E-state index < -0.39 is 10.0 Å². The summed E-state index contributed by atoms with van der Waals surface area (Å²) in [5.74, 6) is 0.0975. The van der Waals surface area contributed by atoms with Crippen LogP contribution < -0.4 is 9.62 Å². The van der Waals surface area contributed by atoms with E-state index in [1.807, 2.05) is 13.8 Å². The number of amides is 1. The van der Waals surface area contributed by atoms with Crippen molar-refractivity contribution < 1.29 is 13.2 Å². The molecular weight excluding hydrogens is 288 g/mol. The van der Waals surface area contributed by atoms with Gasteiger partial charge >= 0.3 is 0 Å². The maximum atomic E-state index is 12.2. The molecule has 2 rings (SSSR count). The van der Waals surface area contributed by atoms with Gasteiger partial charge in [0.2, 0.25) is 15.9 Å². The molecule has 5 nitrogen and oxygen atoms in total. The summed E-state index contributed by atoms with van der Waals surface area (Å²) < 4.78 is 27.1. The first-order valence-corrected chi connectivity index (χ1v) is 8.85. The molecule has 0 aliphatic carbocycles. The first kappa shape index (κ1) is 16.0. The predicted molar refractivity (Wildman–Crippen MR) is 82.7 cm³/mol. The number of hydrogen-bond donors (Lipinski definition) is 1. The van der Waals surface area contributed by atoms with Gasteiger partial charge in [0.15, 0.2) is 0 Å². The molecule has 0 saturated carbocycles.